The highest BCUT2D eigenvalue weighted by Crippen LogP contribution is 2.40. The van der Waals surface area contributed by atoms with Gasteiger partial charge in [0.15, 0.2) is 0 Å². The zero-order valence-electron chi connectivity index (χ0n) is 24.3. The van der Waals surface area contributed by atoms with Crippen molar-refractivity contribution in [3.05, 3.63) is 60.7 Å². The summed E-state index contributed by atoms with van der Waals surface area (Å²) < 4.78 is 13.3. The molecule has 0 aliphatic heterocycles. The number of benzene rings is 1. The number of pyridine rings is 2. The van der Waals surface area contributed by atoms with Crippen LogP contribution in [-0.4, -0.2) is 69.6 Å². The molecule has 1 aliphatic carbocycles. The number of likely N-dealkylation sites (N-methyl/N-ethyl adjacent to an activating group) is 1. The summed E-state index contributed by atoms with van der Waals surface area (Å²) in [6, 6.07) is 10.3. The third-order valence-corrected chi connectivity index (χ3v) is 8.00. The number of aryl methyl sites for hydroxylation is 1. The molecule has 10 heteroatoms. The van der Waals surface area contributed by atoms with Gasteiger partial charge in [0.2, 0.25) is 0 Å². The topological polar surface area (TPSA) is 119 Å². The van der Waals surface area contributed by atoms with Crippen LogP contribution in [0.3, 0.4) is 0 Å². The second kappa shape index (κ2) is 12.3. The molecule has 4 heterocycles. The number of nitrogens with one attached hydrogen (secondary N) is 3. The average molecular weight is 568 g/mol. The number of fused-ring (bicyclic) bond motifs is 3. The van der Waals surface area contributed by atoms with Gasteiger partial charge < -0.3 is 25.1 Å². The van der Waals surface area contributed by atoms with Crippen molar-refractivity contribution in [3.8, 4) is 28.1 Å². The van der Waals surface area contributed by atoms with Gasteiger partial charge in [0.05, 0.1) is 36.4 Å². The van der Waals surface area contributed by atoms with Crippen molar-refractivity contribution in [3.63, 3.8) is 0 Å². The minimum absolute atomic E-state index is 0.0526. The molecule has 6 rings (SSSR count). The van der Waals surface area contributed by atoms with E-state index in [0.29, 0.717) is 30.6 Å². The number of rotatable bonds is 11. The summed E-state index contributed by atoms with van der Waals surface area (Å²) in [6.07, 6.45) is 10.6. The Kier molecular flexibility index (Phi) is 8.16. The van der Waals surface area contributed by atoms with Gasteiger partial charge in [0.1, 0.15) is 18.0 Å². The Labute approximate surface area is 244 Å². The highest BCUT2D eigenvalue weighted by Gasteiger charge is 2.28. The number of hydrogen-bond acceptors (Lipinski definition) is 7. The molecule has 42 heavy (non-hydrogen) atoms. The average Bonchev–Trinajstić information content (AvgIpc) is 3.76. The first-order chi connectivity index (χ1) is 20.6. The molecule has 0 bridgehead atoms. The summed E-state index contributed by atoms with van der Waals surface area (Å²) in [6.45, 7) is 6.68. The van der Waals surface area contributed by atoms with Gasteiger partial charge in [-0.15, -0.1) is 0 Å². The maximum Gasteiger partial charge on any atom is 0.251 e. The van der Waals surface area contributed by atoms with Crippen molar-refractivity contribution < 1.29 is 14.3 Å². The second-order valence-electron chi connectivity index (χ2n) is 10.6. The van der Waals surface area contributed by atoms with Crippen LogP contribution in [0.1, 0.15) is 43.5 Å². The maximum absolute atomic E-state index is 13.2. The lowest BCUT2D eigenvalue weighted by molar-refractivity contribution is 0.0932. The molecular weight excluding hydrogens is 530 g/mol. The Bertz CT molecular complexity index is 1690. The molecule has 0 unspecified atom stereocenters. The molecule has 0 spiro atoms. The van der Waals surface area contributed by atoms with Crippen molar-refractivity contribution in [1.82, 2.24) is 35.4 Å². The monoisotopic (exact) mass is 567 g/mol. The molecule has 2 atom stereocenters. The summed E-state index contributed by atoms with van der Waals surface area (Å²) in [5.74, 6) is 0.595. The van der Waals surface area contributed by atoms with E-state index in [-0.39, 0.29) is 11.9 Å². The summed E-state index contributed by atoms with van der Waals surface area (Å²) >= 11 is 0. The first-order valence-electron chi connectivity index (χ1n) is 14.7. The molecule has 218 valence electrons. The van der Waals surface area contributed by atoms with Crippen LogP contribution in [0.25, 0.3) is 44.3 Å². The fraction of sp³-hybridized carbons (Fsp3) is 0.375. The first kappa shape index (κ1) is 27.9. The standard InChI is InChI=1S/C32H37N7O3/c1-4-33-24-7-6-8-25(24)38-32(40)21-11-9-20(10-12-21)29-28(42-14-13-41-3)18-35-31-30(29)23-15-26(34-17-27(23)37-31)22-16-36-39(5-2)19-22/h9-12,15-19,24-25,33H,4-8,13-14H2,1-3H3,(H,35,37)(H,38,40)/t24-,25-/m0/s1. The van der Waals surface area contributed by atoms with E-state index in [1.807, 2.05) is 47.5 Å². The van der Waals surface area contributed by atoms with Crippen LogP contribution in [0.4, 0.5) is 0 Å². The molecule has 0 saturated heterocycles. The van der Waals surface area contributed by atoms with Gasteiger partial charge in [-0.25, -0.2) is 4.98 Å². The molecule has 3 N–H and O–H groups in total. The van der Waals surface area contributed by atoms with Crippen LogP contribution >= 0.6 is 0 Å². The van der Waals surface area contributed by atoms with Gasteiger partial charge in [-0.2, -0.15) is 5.10 Å². The van der Waals surface area contributed by atoms with Crippen molar-refractivity contribution in [2.24, 2.45) is 0 Å². The van der Waals surface area contributed by atoms with Crippen molar-refractivity contribution >= 4 is 27.8 Å². The molecule has 1 amide bonds. The van der Waals surface area contributed by atoms with Gasteiger partial charge in [-0.1, -0.05) is 19.1 Å². The molecule has 1 aliphatic rings. The van der Waals surface area contributed by atoms with Crippen molar-refractivity contribution in [2.45, 2.75) is 51.7 Å². The Morgan fingerprint density at radius 2 is 1.88 bits per heavy atom. The number of carbonyl (C=O) groups is 1. The third-order valence-electron chi connectivity index (χ3n) is 8.00. The minimum atomic E-state index is -0.0526. The molecule has 1 fully saturated rings. The summed E-state index contributed by atoms with van der Waals surface area (Å²) in [7, 11) is 1.65. The second-order valence-corrected chi connectivity index (χ2v) is 10.6. The van der Waals surface area contributed by atoms with Gasteiger partial charge in [0, 0.05) is 59.4 Å². The molecule has 1 saturated carbocycles. The normalized spacial score (nSPS) is 16.8. The summed E-state index contributed by atoms with van der Waals surface area (Å²) in [4.78, 5) is 26.0. The highest BCUT2D eigenvalue weighted by atomic mass is 16.5. The van der Waals surface area contributed by atoms with E-state index in [1.54, 1.807) is 13.3 Å². The molecule has 0 radical (unpaired) electrons. The quantitative estimate of drug-likeness (QED) is 0.193. The number of aromatic nitrogens is 5. The lowest BCUT2D eigenvalue weighted by atomic mass is 9.98. The lowest BCUT2D eigenvalue weighted by Gasteiger charge is -2.21. The van der Waals surface area contributed by atoms with E-state index in [1.165, 1.54) is 0 Å². The van der Waals surface area contributed by atoms with Crippen LogP contribution in [0, 0.1) is 0 Å². The maximum atomic E-state index is 13.2. The predicted molar refractivity (Wildman–Crippen MR) is 164 cm³/mol. The fourth-order valence-corrected chi connectivity index (χ4v) is 5.88. The van der Waals surface area contributed by atoms with Gasteiger partial charge in [0.25, 0.3) is 5.91 Å². The number of hydrogen-bond donors (Lipinski definition) is 3. The highest BCUT2D eigenvalue weighted by molar-refractivity contribution is 6.14. The lowest BCUT2D eigenvalue weighted by Crippen LogP contribution is -2.46. The zero-order valence-corrected chi connectivity index (χ0v) is 24.3. The number of ether oxygens (including phenoxy) is 2. The number of carbonyl (C=O) groups excluding carboxylic acids is 1. The van der Waals surface area contributed by atoms with E-state index < -0.39 is 0 Å². The Morgan fingerprint density at radius 1 is 1.05 bits per heavy atom. The number of nitrogens with zero attached hydrogens (tertiary/aromatic N) is 4. The Hall–Kier alpha value is -4.28. The van der Waals surface area contributed by atoms with E-state index in [4.69, 9.17) is 14.5 Å². The number of amides is 1. The minimum Gasteiger partial charge on any atom is -0.489 e. The molecule has 4 aromatic heterocycles. The van der Waals surface area contributed by atoms with Crippen LogP contribution in [0.5, 0.6) is 5.75 Å². The SMILES string of the molecule is CCN[C@H]1CCC[C@@H]1NC(=O)c1ccc(-c2c(OCCOC)cnc3[nH]c4cnc(-c5cnn(CC)c5)cc4c23)cc1. The van der Waals surface area contributed by atoms with Gasteiger partial charge in [-0.05, 0) is 56.5 Å². The van der Waals surface area contributed by atoms with E-state index in [9.17, 15) is 4.79 Å². The number of H-pyrrole nitrogens is 1. The zero-order chi connectivity index (χ0) is 29.1. The summed E-state index contributed by atoms with van der Waals surface area (Å²) in [5, 5.41) is 13.1. The molecule has 1 aromatic carbocycles. The van der Waals surface area contributed by atoms with Gasteiger partial charge >= 0.3 is 0 Å². The largest absolute Gasteiger partial charge is 0.489 e. The van der Waals surface area contributed by atoms with Crippen molar-refractivity contribution in [1.29, 1.82) is 0 Å². The predicted octanol–water partition coefficient (Wildman–Crippen LogP) is 4.95. The molecule has 10 nitrogen and oxygen atoms in total. The van der Waals surface area contributed by atoms with Crippen molar-refractivity contribution in [2.75, 3.05) is 26.9 Å². The molecular formula is C32H37N7O3. The van der Waals surface area contributed by atoms with E-state index >= 15 is 0 Å². The van der Waals surface area contributed by atoms with Crippen LogP contribution < -0.4 is 15.4 Å². The van der Waals surface area contributed by atoms with Crippen LogP contribution in [0.15, 0.2) is 55.1 Å². The van der Waals surface area contributed by atoms with E-state index in [0.717, 1.165) is 76.7 Å². The summed E-state index contributed by atoms with van der Waals surface area (Å²) in [5.41, 5.74) is 5.85. The van der Waals surface area contributed by atoms with Gasteiger partial charge in [-0.3, -0.25) is 14.5 Å². The number of methoxy groups -OCH3 is 1. The molecule has 5 aromatic rings. The Morgan fingerprint density at radius 3 is 2.64 bits per heavy atom. The van der Waals surface area contributed by atoms with Crippen LogP contribution in [0.2, 0.25) is 0 Å². The smallest absolute Gasteiger partial charge is 0.251 e. The van der Waals surface area contributed by atoms with Crippen LogP contribution in [-0.2, 0) is 11.3 Å². The van der Waals surface area contributed by atoms with E-state index in [2.05, 4.69) is 45.6 Å². The number of aromatic amines is 1. The first-order valence-corrected chi connectivity index (χ1v) is 14.7. The fourth-order valence-electron chi connectivity index (χ4n) is 5.88. The third kappa shape index (κ3) is 5.47. The Balaban J connectivity index is 1.39.